The van der Waals surface area contributed by atoms with E-state index < -0.39 is 11.7 Å². The lowest BCUT2D eigenvalue weighted by Crippen LogP contribution is -2.11. The topological polar surface area (TPSA) is 34.0 Å². The van der Waals surface area contributed by atoms with E-state index in [0.29, 0.717) is 34.0 Å². The molecule has 1 aliphatic rings. The van der Waals surface area contributed by atoms with Gasteiger partial charge in [-0.2, -0.15) is 13.2 Å². The number of para-hydroxylation sites is 1. The zero-order valence-electron chi connectivity index (χ0n) is 16.5. The molecule has 30 heavy (non-hydrogen) atoms. The molecule has 0 unspecified atom stereocenters. The molecule has 3 aromatic carbocycles. The molecular weight excluding hydrogens is 389 g/mol. The molecule has 0 fully saturated rings. The Labute approximate surface area is 172 Å². The highest BCUT2D eigenvalue weighted by Gasteiger charge is 2.34. The van der Waals surface area contributed by atoms with E-state index >= 15 is 0 Å². The summed E-state index contributed by atoms with van der Waals surface area (Å²) in [4.78, 5) is 8.91. The maximum absolute atomic E-state index is 13.9. The Balaban J connectivity index is 1.76. The maximum atomic E-state index is 13.9. The first-order valence-corrected chi connectivity index (χ1v) is 9.41. The largest absolute Gasteiger partial charge is 0.496 e. The van der Waals surface area contributed by atoms with Gasteiger partial charge in [0.1, 0.15) is 5.75 Å². The van der Waals surface area contributed by atoms with Crippen LogP contribution in [0.25, 0.3) is 11.1 Å². The fraction of sp³-hybridized carbons (Fsp3) is 0.167. The molecule has 0 spiro atoms. The van der Waals surface area contributed by atoms with Crippen molar-refractivity contribution < 1.29 is 17.9 Å². The molecule has 0 saturated carbocycles. The monoisotopic (exact) mass is 408 g/mol. The van der Waals surface area contributed by atoms with Crippen LogP contribution in [0.15, 0.2) is 76.7 Å². The number of halogens is 3. The van der Waals surface area contributed by atoms with E-state index in [-0.39, 0.29) is 12.1 Å². The number of amidine groups is 1. The molecule has 0 N–H and O–H groups in total. The Morgan fingerprint density at radius 3 is 2.27 bits per heavy atom. The van der Waals surface area contributed by atoms with Gasteiger partial charge in [0.2, 0.25) is 0 Å². The van der Waals surface area contributed by atoms with Gasteiger partial charge in [0.25, 0.3) is 0 Å². The van der Waals surface area contributed by atoms with Crippen molar-refractivity contribution >= 4 is 11.5 Å². The van der Waals surface area contributed by atoms with Gasteiger partial charge in [-0.1, -0.05) is 48.5 Å². The first-order valence-electron chi connectivity index (χ1n) is 9.41. The summed E-state index contributed by atoms with van der Waals surface area (Å²) in [5, 5.41) is 0. The van der Waals surface area contributed by atoms with Gasteiger partial charge in [0.05, 0.1) is 30.5 Å². The highest BCUT2D eigenvalue weighted by Crippen LogP contribution is 2.39. The minimum Gasteiger partial charge on any atom is -0.496 e. The van der Waals surface area contributed by atoms with Crippen LogP contribution >= 0.6 is 0 Å². The third-order valence-corrected chi connectivity index (χ3v) is 5.06. The molecule has 0 bridgehead atoms. The third kappa shape index (κ3) is 3.73. The quantitative estimate of drug-likeness (QED) is 0.526. The van der Waals surface area contributed by atoms with Crippen LogP contribution in [-0.2, 0) is 6.18 Å². The third-order valence-electron chi connectivity index (χ3n) is 5.06. The lowest BCUT2D eigenvalue weighted by atomic mass is 9.93. The summed E-state index contributed by atoms with van der Waals surface area (Å²) in [6, 6.07) is 18.7. The number of alkyl halides is 3. The molecule has 0 aromatic heterocycles. The molecule has 3 aromatic rings. The number of rotatable bonds is 4. The molecule has 0 amide bonds. The van der Waals surface area contributed by atoms with Crippen LogP contribution in [0.1, 0.15) is 22.3 Å². The number of nitrogens with zero attached hydrogens (tertiary/aromatic N) is 2. The van der Waals surface area contributed by atoms with Crippen LogP contribution in [0.5, 0.6) is 5.75 Å². The standard InChI is InChI=1S/C24H19F3N2O/c1-15-7-3-4-8-17(15)18-12-11-16(13-20(18)24(25,26)27)21-14-28-23(29-21)19-9-5-6-10-22(19)30-2/h3-13H,14H2,1-2H3. The van der Waals surface area contributed by atoms with Gasteiger partial charge < -0.3 is 4.74 Å². The number of ether oxygens (including phenoxy) is 1. The van der Waals surface area contributed by atoms with Crippen LogP contribution < -0.4 is 4.74 Å². The zero-order chi connectivity index (χ0) is 21.3. The number of benzene rings is 3. The highest BCUT2D eigenvalue weighted by molar-refractivity contribution is 6.18. The second-order valence-electron chi connectivity index (χ2n) is 6.97. The molecule has 1 heterocycles. The summed E-state index contributed by atoms with van der Waals surface area (Å²) >= 11 is 0. The normalized spacial score (nSPS) is 13.8. The number of hydrogen-bond donors (Lipinski definition) is 0. The summed E-state index contributed by atoms with van der Waals surface area (Å²) in [6.07, 6.45) is -4.49. The Morgan fingerprint density at radius 2 is 1.57 bits per heavy atom. The zero-order valence-corrected chi connectivity index (χ0v) is 16.5. The molecule has 0 saturated heterocycles. The molecule has 3 nitrogen and oxygen atoms in total. The molecule has 0 aliphatic carbocycles. The Morgan fingerprint density at radius 1 is 0.867 bits per heavy atom. The van der Waals surface area contributed by atoms with Crippen LogP contribution in [-0.4, -0.2) is 25.2 Å². The smallest absolute Gasteiger partial charge is 0.417 e. The molecule has 4 rings (SSSR count). The second kappa shape index (κ2) is 7.78. The first kappa shape index (κ1) is 19.9. The minimum atomic E-state index is -4.49. The van der Waals surface area contributed by atoms with Gasteiger partial charge in [-0.15, -0.1) is 0 Å². The SMILES string of the molecule is COc1ccccc1C1=NCC(c2ccc(-c3ccccc3C)c(C(F)(F)F)c2)=N1. The van der Waals surface area contributed by atoms with E-state index in [2.05, 4.69) is 9.98 Å². The van der Waals surface area contributed by atoms with Gasteiger partial charge in [0.15, 0.2) is 5.84 Å². The van der Waals surface area contributed by atoms with Crippen molar-refractivity contribution in [1.29, 1.82) is 0 Å². The van der Waals surface area contributed by atoms with Gasteiger partial charge in [-0.05, 0) is 47.4 Å². The summed E-state index contributed by atoms with van der Waals surface area (Å²) in [6.45, 7) is 2.02. The number of aryl methyl sites for hydroxylation is 1. The summed E-state index contributed by atoms with van der Waals surface area (Å²) in [5.74, 6) is 1.08. The van der Waals surface area contributed by atoms with Crippen molar-refractivity contribution in [2.75, 3.05) is 13.7 Å². The lowest BCUT2D eigenvalue weighted by molar-refractivity contribution is -0.137. The number of aliphatic imine (C=N–C) groups is 2. The molecule has 152 valence electrons. The van der Waals surface area contributed by atoms with E-state index in [4.69, 9.17) is 4.74 Å². The van der Waals surface area contributed by atoms with Crippen molar-refractivity contribution in [3.05, 3.63) is 89.0 Å². The fourth-order valence-electron chi connectivity index (χ4n) is 3.55. The Kier molecular flexibility index (Phi) is 5.16. The Bertz CT molecular complexity index is 1160. The Hall–Kier alpha value is -3.41. The van der Waals surface area contributed by atoms with Crippen LogP contribution in [0.2, 0.25) is 0 Å². The van der Waals surface area contributed by atoms with Gasteiger partial charge in [-0.25, -0.2) is 4.99 Å². The predicted molar refractivity (Wildman–Crippen MR) is 113 cm³/mol. The predicted octanol–water partition coefficient (Wildman–Crippen LogP) is 5.94. The minimum absolute atomic E-state index is 0.161. The first-order chi connectivity index (χ1) is 14.4. The highest BCUT2D eigenvalue weighted by atomic mass is 19.4. The van der Waals surface area contributed by atoms with Crippen molar-refractivity contribution in [1.82, 2.24) is 0 Å². The van der Waals surface area contributed by atoms with Crippen molar-refractivity contribution in [3.63, 3.8) is 0 Å². The van der Waals surface area contributed by atoms with Crippen molar-refractivity contribution in [2.45, 2.75) is 13.1 Å². The van der Waals surface area contributed by atoms with E-state index in [1.807, 2.05) is 24.3 Å². The van der Waals surface area contributed by atoms with E-state index in [1.54, 1.807) is 44.4 Å². The van der Waals surface area contributed by atoms with Crippen LogP contribution in [0, 0.1) is 6.92 Å². The fourth-order valence-corrected chi connectivity index (χ4v) is 3.55. The lowest BCUT2D eigenvalue weighted by Gasteiger charge is -2.16. The molecule has 1 aliphatic heterocycles. The maximum Gasteiger partial charge on any atom is 0.417 e. The molecule has 0 atom stereocenters. The van der Waals surface area contributed by atoms with Crippen molar-refractivity contribution in [3.8, 4) is 16.9 Å². The molecule has 6 heteroatoms. The molecular formula is C24H19F3N2O. The number of methoxy groups -OCH3 is 1. The average Bonchev–Trinajstić information content (AvgIpc) is 3.23. The van der Waals surface area contributed by atoms with Gasteiger partial charge in [-0.3, -0.25) is 4.99 Å². The summed E-state index contributed by atoms with van der Waals surface area (Å²) in [5.41, 5.74) is 2.46. The average molecular weight is 408 g/mol. The molecule has 0 radical (unpaired) electrons. The van der Waals surface area contributed by atoms with E-state index in [1.165, 1.54) is 12.1 Å². The number of hydrogen-bond acceptors (Lipinski definition) is 3. The van der Waals surface area contributed by atoms with Crippen molar-refractivity contribution in [2.24, 2.45) is 9.98 Å². The van der Waals surface area contributed by atoms with E-state index in [9.17, 15) is 13.2 Å². The van der Waals surface area contributed by atoms with E-state index in [0.717, 1.165) is 5.56 Å². The summed E-state index contributed by atoms with van der Waals surface area (Å²) in [7, 11) is 1.55. The van der Waals surface area contributed by atoms with Crippen LogP contribution in [0.4, 0.5) is 13.2 Å². The van der Waals surface area contributed by atoms with Gasteiger partial charge >= 0.3 is 6.18 Å². The van der Waals surface area contributed by atoms with Crippen LogP contribution in [0.3, 0.4) is 0 Å². The summed E-state index contributed by atoms with van der Waals surface area (Å²) < 4.78 is 47.0. The van der Waals surface area contributed by atoms with Gasteiger partial charge in [0, 0.05) is 0 Å². The second-order valence-corrected chi connectivity index (χ2v) is 6.97.